The van der Waals surface area contributed by atoms with Gasteiger partial charge in [-0.05, 0) is 76.6 Å². The number of hydrogen-bond acceptors (Lipinski definition) is 5. The molecule has 3 aromatic carbocycles. The summed E-state index contributed by atoms with van der Waals surface area (Å²) in [6.45, 7) is 11.6. The molecule has 0 aliphatic rings. The summed E-state index contributed by atoms with van der Waals surface area (Å²) in [6, 6.07) is 13.2. The van der Waals surface area contributed by atoms with Crippen molar-refractivity contribution in [2.45, 2.75) is 52.9 Å². The third-order valence-corrected chi connectivity index (χ3v) is 7.48. The molecular weight excluding hydrogens is 581 g/mol. The van der Waals surface area contributed by atoms with E-state index in [-0.39, 0.29) is 11.3 Å². The number of halogens is 4. The highest BCUT2D eigenvalue weighted by Crippen LogP contribution is 2.33. The number of imidazole rings is 1. The second kappa shape index (κ2) is 13.0. The van der Waals surface area contributed by atoms with Gasteiger partial charge in [0.15, 0.2) is 0 Å². The van der Waals surface area contributed by atoms with Crippen LogP contribution in [0.5, 0.6) is 0 Å². The Labute approximate surface area is 253 Å². The van der Waals surface area contributed by atoms with Gasteiger partial charge < -0.3 is 20.9 Å². The van der Waals surface area contributed by atoms with Crippen molar-refractivity contribution in [3.8, 4) is 0 Å². The number of hydrogen-bond donors (Lipinski definition) is 4. The largest absolute Gasteiger partial charge is 0.417 e. The van der Waals surface area contributed by atoms with Crippen molar-refractivity contribution in [2.75, 3.05) is 29.0 Å². The molecule has 4 N–H and O–H groups in total. The lowest BCUT2D eigenvalue weighted by Crippen LogP contribution is -2.40. The topological polar surface area (TPSA) is 102 Å². The molecule has 4 rings (SSSR count). The van der Waals surface area contributed by atoms with E-state index >= 15 is 0 Å². The molecule has 0 atom stereocenters. The number of nitrogens with one attached hydrogen (secondary N) is 4. The molecule has 228 valence electrons. The van der Waals surface area contributed by atoms with Crippen molar-refractivity contribution in [1.82, 2.24) is 14.9 Å². The van der Waals surface area contributed by atoms with Gasteiger partial charge in [-0.2, -0.15) is 13.2 Å². The van der Waals surface area contributed by atoms with Crippen LogP contribution in [-0.4, -0.2) is 51.9 Å². The summed E-state index contributed by atoms with van der Waals surface area (Å²) in [7, 11) is 0. The standard InChI is InChI=1S/C31H34ClF3N6O2/c1-17(2)41(18(3)4)14-13-36-30-39-26-16-20(37-28(42)21-9-6-7-10-23(21)31(33,34)35)15-22(27(26)40-30)29(43)38-25-12-8-11-24(32)19(25)5/h6-12,15-18H,13-14H2,1-5H3,(H,37,42)(H,38,43)(H2,36,39,40). The summed E-state index contributed by atoms with van der Waals surface area (Å²) in [6.07, 6.45) is -4.72. The molecule has 1 heterocycles. The van der Waals surface area contributed by atoms with Crippen LogP contribution >= 0.6 is 11.6 Å². The first kappa shape index (κ1) is 31.8. The lowest BCUT2D eigenvalue weighted by Gasteiger charge is -2.30. The Morgan fingerprint density at radius 2 is 1.63 bits per heavy atom. The lowest BCUT2D eigenvalue weighted by molar-refractivity contribution is -0.137. The summed E-state index contributed by atoms with van der Waals surface area (Å²) < 4.78 is 40.7. The van der Waals surface area contributed by atoms with Crippen LogP contribution in [0.3, 0.4) is 0 Å². The minimum atomic E-state index is -4.72. The molecule has 8 nitrogen and oxygen atoms in total. The Kier molecular flexibility index (Phi) is 9.66. The third kappa shape index (κ3) is 7.47. The van der Waals surface area contributed by atoms with Crippen molar-refractivity contribution in [3.05, 3.63) is 81.9 Å². The van der Waals surface area contributed by atoms with Crippen molar-refractivity contribution >= 4 is 51.8 Å². The molecule has 0 bridgehead atoms. The molecule has 0 saturated carbocycles. The highest BCUT2D eigenvalue weighted by molar-refractivity contribution is 6.31. The first-order valence-corrected chi connectivity index (χ1v) is 14.2. The summed E-state index contributed by atoms with van der Waals surface area (Å²) in [5, 5.41) is 9.06. The van der Waals surface area contributed by atoms with Gasteiger partial charge in [0.2, 0.25) is 5.95 Å². The molecule has 0 radical (unpaired) electrons. The van der Waals surface area contributed by atoms with Gasteiger partial charge in [-0.15, -0.1) is 0 Å². The maximum atomic E-state index is 13.6. The number of benzene rings is 3. The molecule has 12 heteroatoms. The molecular formula is C31H34ClF3N6O2. The maximum Gasteiger partial charge on any atom is 0.417 e. The lowest BCUT2D eigenvalue weighted by atomic mass is 10.1. The molecule has 0 aliphatic carbocycles. The summed E-state index contributed by atoms with van der Waals surface area (Å²) >= 11 is 6.23. The Morgan fingerprint density at radius 3 is 2.30 bits per heavy atom. The van der Waals surface area contributed by atoms with E-state index in [0.717, 1.165) is 18.7 Å². The smallest absolute Gasteiger partial charge is 0.355 e. The summed E-state index contributed by atoms with van der Waals surface area (Å²) in [4.78, 5) is 36.6. The van der Waals surface area contributed by atoms with Gasteiger partial charge in [0, 0.05) is 41.6 Å². The van der Waals surface area contributed by atoms with Crippen LogP contribution in [0, 0.1) is 6.92 Å². The zero-order valence-corrected chi connectivity index (χ0v) is 25.2. The number of amides is 2. The second-order valence-electron chi connectivity index (χ2n) is 10.7. The molecule has 1 aromatic heterocycles. The number of nitrogens with zero attached hydrogens (tertiary/aromatic N) is 2. The van der Waals surface area contributed by atoms with Gasteiger partial charge in [0.1, 0.15) is 5.52 Å². The first-order valence-electron chi connectivity index (χ1n) is 13.8. The van der Waals surface area contributed by atoms with Crippen LogP contribution in [0.4, 0.5) is 30.5 Å². The molecule has 4 aromatic rings. The number of H-pyrrole nitrogens is 1. The summed E-state index contributed by atoms with van der Waals surface area (Å²) in [5.41, 5.74) is 0.479. The van der Waals surface area contributed by atoms with Crippen molar-refractivity contribution in [1.29, 1.82) is 0 Å². The van der Waals surface area contributed by atoms with Crippen LogP contribution in [0.1, 0.15) is 59.5 Å². The van der Waals surface area contributed by atoms with Crippen molar-refractivity contribution in [3.63, 3.8) is 0 Å². The highest BCUT2D eigenvalue weighted by Gasteiger charge is 2.35. The zero-order chi connectivity index (χ0) is 31.5. The predicted molar refractivity (Wildman–Crippen MR) is 165 cm³/mol. The van der Waals surface area contributed by atoms with Gasteiger partial charge >= 0.3 is 6.18 Å². The number of aromatic nitrogens is 2. The van der Waals surface area contributed by atoms with Crippen LogP contribution in [0.2, 0.25) is 5.02 Å². The van der Waals surface area contributed by atoms with Crippen molar-refractivity contribution in [2.24, 2.45) is 0 Å². The number of alkyl halides is 3. The number of anilines is 3. The van der Waals surface area contributed by atoms with E-state index in [1.165, 1.54) is 24.3 Å². The predicted octanol–water partition coefficient (Wildman–Crippen LogP) is 7.58. The van der Waals surface area contributed by atoms with Gasteiger partial charge in [0.25, 0.3) is 11.8 Å². The average Bonchev–Trinajstić information content (AvgIpc) is 3.35. The number of carbonyl (C=O) groups is 2. The highest BCUT2D eigenvalue weighted by atomic mass is 35.5. The van der Waals surface area contributed by atoms with Crippen LogP contribution in [0.15, 0.2) is 54.6 Å². The van der Waals surface area contributed by atoms with Gasteiger partial charge in [-0.25, -0.2) is 4.98 Å². The number of rotatable bonds is 10. The number of aromatic amines is 1. The molecule has 43 heavy (non-hydrogen) atoms. The van der Waals surface area contributed by atoms with E-state index in [1.54, 1.807) is 25.1 Å². The Hall–Kier alpha value is -4.09. The molecule has 0 unspecified atom stereocenters. The van der Waals surface area contributed by atoms with E-state index in [0.29, 0.717) is 51.9 Å². The molecule has 0 fully saturated rings. The average molecular weight is 615 g/mol. The fraction of sp³-hybridized carbons (Fsp3) is 0.323. The van der Waals surface area contributed by atoms with Crippen LogP contribution < -0.4 is 16.0 Å². The van der Waals surface area contributed by atoms with Gasteiger partial charge in [0.05, 0.1) is 22.2 Å². The van der Waals surface area contributed by atoms with Crippen molar-refractivity contribution < 1.29 is 22.8 Å². The quantitative estimate of drug-likeness (QED) is 0.147. The minimum absolute atomic E-state index is 0.103. The van der Waals surface area contributed by atoms with E-state index < -0.39 is 29.1 Å². The zero-order valence-electron chi connectivity index (χ0n) is 24.5. The second-order valence-corrected chi connectivity index (χ2v) is 11.1. The Bertz CT molecular complexity index is 1630. The number of carbonyl (C=O) groups excluding carboxylic acids is 2. The maximum absolute atomic E-state index is 13.6. The first-order chi connectivity index (χ1) is 20.3. The molecule has 0 spiro atoms. The normalized spacial score (nSPS) is 11.9. The fourth-order valence-electron chi connectivity index (χ4n) is 4.92. The molecule has 2 amide bonds. The fourth-order valence-corrected chi connectivity index (χ4v) is 5.10. The number of fused-ring (bicyclic) bond motifs is 1. The van der Waals surface area contributed by atoms with E-state index in [1.807, 2.05) is 0 Å². The monoisotopic (exact) mass is 614 g/mol. The Morgan fingerprint density at radius 1 is 0.953 bits per heavy atom. The SMILES string of the molecule is Cc1c(Cl)cccc1NC(=O)c1cc(NC(=O)c2ccccc2C(F)(F)F)cc2[nH]c(NCCN(C(C)C)C(C)C)nc12. The molecule has 0 aliphatic heterocycles. The molecule has 0 saturated heterocycles. The van der Waals surface area contributed by atoms with E-state index in [4.69, 9.17) is 11.6 Å². The van der Waals surface area contributed by atoms with E-state index in [9.17, 15) is 22.8 Å². The van der Waals surface area contributed by atoms with Crippen LogP contribution in [-0.2, 0) is 6.18 Å². The van der Waals surface area contributed by atoms with E-state index in [2.05, 4.69) is 58.5 Å². The minimum Gasteiger partial charge on any atom is -0.355 e. The Balaban J connectivity index is 1.69. The third-order valence-electron chi connectivity index (χ3n) is 7.07. The van der Waals surface area contributed by atoms with Gasteiger partial charge in [-0.3, -0.25) is 14.5 Å². The van der Waals surface area contributed by atoms with Crippen LogP contribution in [0.25, 0.3) is 11.0 Å². The van der Waals surface area contributed by atoms with Gasteiger partial charge in [-0.1, -0.05) is 29.8 Å². The summed E-state index contributed by atoms with van der Waals surface area (Å²) in [5.74, 6) is -1.10.